The number of hydrogen-bond donors (Lipinski definition) is 2. The molecule has 2 N–H and O–H groups in total. The van der Waals surface area contributed by atoms with E-state index in [0.29, 0.717) is 18.6 Å². The van der Waals surface area contributed by atoms with E-state index < -0.39 is 10.9 Å². The van der Waals surface area contributed by atoms with Crippen LogP contribution in [0.3, 0.4) is 0 Å². The van der Waals surface area contributed by atoms with Gasteiger partial charge in [0, 0.05) is 0 Å². The molecule has 0 fully saturated rings. The average molecular weight is 155 g/mol. The third-order valence-electron chi connectivity index (χ3n) is 0.210. The Labute approximate surface area is 52.8 Å². The molecule has 0 aliphatic rings. The van der Waals surface area contributed by atoms with Gasteiger partial charge in [0.1, 0.15) is 0 Å². The van der Waals surface area contributed by atoms with Crippen molar-refractivity contribution in [2.45, 2.75) is 0 Å². The first-order valence-corrected chi connectivity index (χ1v) is 3.24. The Bertz CT molecular complexity index is 102. The van der Waals surface area contributed by atoms with E-state index in [0.717, 1.165) is 0 Å². The maximum atomic E-state index is 9.69. The Morgan fingerprint density at radius 2 is 2.50 bits per heavy atom. The van der Waals surface area contributed by atoms with Crippen molar-refractivity contribution in [1.29, 1.82) is 0 Å². The topological polar surface area (TPSA) is 79.1 Å². The molecule has 1 unspecified atom stereocenters. The predicted octanol–water partition coefficient (Wildman–Crippen LogP) is 0.0637. The molecule has 0 radical (unpaired) electrons. The zero-order valence-corrected chi connectivity index (χ0v) is 5.18. The SMILES string of the molecule is O=S(O)B=NSOO. The van der Waals surface area contributed by atoms with Gasteiger partial charge in [0.2, 0.25) is 0 Å². The normalized spacial score (nSPS) is 13.8. The molecule has 0 amide bonds. The fraction of sp³-hybridized carbons (Fsp3) is 0. The van der Waals surface area contributed by atoms with Crippen molar-refractivity contribution < 1.29 is 18.4 Å². The molecule has 0 saturated carbocycles. The van der Waals surface area contributed by atoms with Gasteiger partial charge in [-0.3, -0.25) is 0 Å². The van der Waals surface area contributed by atoms with Crippen LogP contribution in [0.15, 0.2) is 4.30 Å². The molecule has 0 aromatic carbocycles. The predicted molar refractivity (Wildman–Crippen MR) is 30.3 cm³/mol. The molecule has 1 atom stereocenters. The molecule has 0 saturated heterocycles. The number of hydrogen-bond acceptors (Lipinski definition) is 5. The Morgan fingerprint density at radius 3 is 2.88 bits per heavy atom. The average Bonchev–Trinajstić information content (AvgIpc) is 1.66. The maximum absolute atomic E-state index is 9.69. The molecule has 0 aliphatic carbocycles. The fourth-order valence-electron chi connectivity index (χ4n) is 0.0736. The van der Waals surface area contributed by atoms with E-state index in [2.05, 4.69) is 8.63 Å². The first-order valence-electron chi connectivity index (χ1n) is 1.37. The van der Waals surface area contributed by atoms with Crippen LogP contribution in [0.1, 0.15) is 0 Å². The Balaban J connectivity index is 3.20. The van der Waals surface area contributed by atoms with Crippen LogP contribution in [0.5, 0.6) is 0 Å². The molecular weight excluding hydrogens is 153 g/mol. The molecule has 0 aliphatic heterocycles. The zero-order valence-electron chi connectivity index (χ0n) is 3.55. The third-order valence-corrected chi connectivity index (χ3v) is 0.887. The van der Waals surface area contributed by atoms with Crippen molar-refractivity contribution in [2.75, 3.05) is 0 Å². The van der Waals surface area contributed by atoms with Crippen molar-refractivity contribution in [3.05, 3.63) is 0 Å². The van der Waals surface area contributed by atoms with Crippen molar-refractivity contribution in [1.82, 2.24) is 0 Å². The van der Waals surface area contributed by atoms with Crippen LogP contribution in [0.25, 0.3) is 0 Å². The van der Waals surface area contributed by atoms with Crippen molar-refractivity contribution in [3.63, 3.8) is 0 Å². The molecule has 0 aromatic heterocycles. The van der Waals surface area contributed by atoms with E-state index in [9.17, 15) is 4.21 Å². The third kappa shape index (κ3) is 6.24. The quantitative estimate of drug-likeness (QED) is 0.150. The van der Waals surface area contributed by atoms with Crippen LogP contribution in [-0.4, -0.2) is 20.4 Å². The fourth-order valence-corrected chi connectivity index (χ4v) is 0.547. The van der Waals surface area contributed by atoms with Crippen LogP contribution in [0.4, 0.5) is 0 Å². The molecule has 8 heavy (non-hydrogen) atoms. The van der Waals surface area contributed by atoms with Gasteiger partial charge in [-0.1, -0.05) is 0 Å². The van der Waals surface area contributed by atoms with Gasteiger partial charge in [-0.15, -0.1) is 0 Å². The molecule has 0 aromatic rings. The van der Waals surface area contributed by atoms with Crippen LogP contribution in [-0.2, 0) is 15.3 Å². The van der Waals surface area contributed by atoms with E-state index in [1.165, 1.54) is 0 Å². The van der Waals surface area contributed by atoms with Gasteiger partial charge in [-0.2, -0.15) is 0 Å². The van der Waals surface area contributed by atoms with Crippen LogP contribution in [0, 0.1) is 0 Å². The van der Waals surface area contributed by atoms with Gasteiger partial charge < -0.3 is 0 Å². The second kappa shape index (κ2) is 5.38. The van der Waals surface area contributed by atoms with E-state index in [1.54, 1.807) is 0 Å². The van der Waals surface area contributed by atoms with Crippen molar-refractivity contribution in [3.8, 4) is 0 Å². The molecule has 0 heterocycles. The Morgan fingerprint density at radius 1 is 1.88 bits per heavy atom. The summed E-state index contributed by atoms with van der Waals surface area (Å²) >= 11 is 0.308. The standard InChI is InChI=1S/BH2NO4S2/c3-6-7-2-1-8(4)5/h3H,(H,4,5). The molecule has 0 rings (SSSR count). The summed E-state index contributed by atoms with van der Waals surface area (Å²) in [7, 11) is -2.07. The zero-order chi connectivity index (χ0) is 6.41. The van der Waals surface area contributed by atoms with Gasteiger partial charge in [-0.25, -0.2) is 0 Å². The Hall–Kier alpha value is 0.245. The van der Waals surface area contributed by atoms with Crippen molar-refractivity contribution >= 4 is 29.5 Å². The first kappa shape index (κ1) is 8.24. The van der Waals surface area contributed by atoms with Gasteiger partial charge >= 0.3 is 52.2 Å². The molecule has 5 nitrogen and oxygen atoms in total. The van der Waals surface area contributed by atoms with Gasteiger partial charge in [0.25, 0.3) is 0 Å². The second-order valence-electron chi connectivity index (χ2n) is 0.636. The first-order chi connectivity index (χ1) is 3.77. The number of nitrogens with zero attached hydrogens (tertiary/aromatic N) is 1. The molecule has 0 bridgehead atoms. The van der Waals surface area contributed by atoms with E-state index in [4.69, 9.17) is 9.81 Å². The minimum absolute atomic E-state index is 0.308. The van der Waals surface area contributed by atoms with E-state index in [-0.39, 0.29) is 0 Å². The monoisotopic (exact) mass is 155 g/mol. The minimum atomic E-state index is -2.07. The summed E-state index contributed by atoms with van der Waals surface area (Å²) in [6.45, 7) is 0. The van der Waals surface area contributed by atoms with E-state index in [1.807, 2.05) is 0 Å². The van der Waals surface area contributed by atoms with E-state index >= 15 is 0 Å². The van der Waals surface area contributed by atoms with Gasteiger partial charge in [-0.05, 0) is 0 Å². The van der Waals surface area contributed by atoms with Gasteiger partial charge in [0.15, 0.2) is 0 Å². The molecule has 8 heteroatoms. The van der Waals surface area contributed by atoms with Crippen molar-refractivity contribution in [2.24, 2.45) is 4.30 Å². The van der Waals surface area contributed by atoms with Crippen LogP contribution >= 0.6 is 12.2 Å². The summed E-state index contributed by atoms with van der Waals surface area (Å²) in [5.74, 6) is 0. The summed E-state index contributed by atoms with van der Waals surface area (Å²) in [6.07, 6.45) is 0.709. The molecule has 46 valence electrons. The summed E-state index contributed by atoms with van der Waals surface area (Å²) in [5, 5.41) is 7.55. The summed E-state index contributed by atoms with van der Waals surface area (Å²) in [5.41, 5.74) is 0. The summed E-state index contributed by atoms with van der Waals surface area (Å²) in [6, 6.07) is 0. The number of rotatable bonds is 3. The Kier molecular flexibility index (Phi) is 5.55. The summed E-state index contributed by atoms with van der Waals surface area (Å²) in [4.78, 5) is 0. The molecule has 0 spiro atoms. The van der Waals surface area contributed by atoms with Crippen LogP contribution < -0.4 is 0 Å². The summed E-state index contributed by atoms with van der Waals surface area (Å²) < 4.78 is 24.1. The van der Waals surface area contributed by atoms with Gasteiger partial charge in [0.05, 0.1) is 0 Å². The second-order valence-corrected chi connectivity index (χ2v) is 1.91. The molecular formula is H2BNO4S2. The van der Waals surface area contributed by atoms with Crippen LogP contribution in [0.2, 0.25) is 0 Å².